The number of hydrogen-bond acceptors (Lipinski definition) is 10. The summed E-state index contributed by atoms with van der Waals surface area (Å²) < 4.78 is 42.2. The maximum absolute atomic E-state index is 13.6. The fraction of sp³-hybridized carbons (Fsp3) is 0.400. The van der Waals surface area contributed by atoms with Gasteiger partial charge in [-0.1, -0.05) is 36.4 Å². The van der Waals surface area contributed by atoms with E-state index >= 15 is 0 Å². The Labute approximate surface area is 227 Å². The number of halogens is 1. The second-order valence-electron chi connectivity index (χ2n) is 9.40. The summed E-state index contributed by atoms with van der Waals surface area (Å²) in [6.07, 6.45) is -3.65. The van der Waals surface area contributed by atoms with Crippen molar-refractivity contribution in [2.45, 2.75) is 57.8 Å². The van der Waals surface area contributed by atoms with E-state index in [1.54, 1.807) is 31.0 Å². The quantitative estimate of drug-likeness (QED) is 0.237. The van der Waals surface area contributed by atoms with E-state index in [-0.39, 0.29) is 12.5 Å². The Balaban J connectivity index is 1.43. The molecule has 2 heterocycles. The highest BCUT2D eigenvalue weighted by Crippen LogP contribution is 2.45. The molecule has 15 heteroatoms. The molecule has 0 bridgehead atoms. The lowest BCUT2D eigenvalue weighted by Crippen LogP contribution is -2.41. The number of H-pyrrole nitrogens is 1. The van der Waals surface area contributed by atoms with Crippen molar-refractivity contribution in [1.82, 2.24) is 9.55 Å². The van der Waals surface area contributed by atoms with E-state index in [4.69, 9.17) is 18.6 Å². The summed E-state index contributed by atoms with van der Waals surface area (Å²) in [4.78, 5) is 54.1. The fourth-order valence-electron chi connectivity index (χ4n) is 4.17. The summed E-state index contributed by atoms with van der Waals surface area (Å²) in [6, 6.07) is 11.6. The molecule has 5 atom stereocenters. The van der Waals surface area contributed by atoms with Crippen molar-refractivity contribution in [3.05, 3.63) is 75.3 Å². The van der Waals surface area contributed by atoms with Crippen LogP contribution < -0.4 is 16.3 Å². The SMILES string of the molecule is CC(C)ON(c1cccc2ccccc12)[C@@H](C)C(=O)OP(=O)(O)OC[C@H]1O[C@@H](n2cc(F)c(=O)[nH]c2=O)C[C@@H]1O. The number of anilines is 1. The first kappa shape index (κ1) is 29.6. The molecule has 1 unspecified atom stereocenters. The average Bonchev–Trinajstić information content (AvgIpc) is 3.27. The van der Waals surface area contributed by atoms with Crippen LogP contribution in [0.1, 0.15) is 33.4 Å². The number of aromatic nitrogens is 2. The van der Waals surface area contributed by atoms with Gasteiger partial charge in [0.2, 0.25) is 5.82 Å². The zero-order valence-electron chi connectivity index (χ0n) is 21.8. The highest BCUT2D eigenvalue weighted by molar-refractivity contribution is 7.48. The van der Waals surface area contributed by atoms with Crippen LogP contribution in [-0.4, -0.2) is 56.5 Å². The van der Waals surface area contributed by atoms with Gasteiger partial charge in [0.1, 0.15) is 12.3 Å². The molecule has 0 saturated carbocycles. The van der Waals surface area contributed by atoms with Crippen LogP contribution in [0.25, 0.3) is 10.8 Å². The first-order chi connectivity index (χ1) is 18.9. The Morgan fingerprint density at radius 2 is 1.93 bits per heavy atom. The Bertz CT molecular complexity index is 1540. The lowest BCUT2D eigenvalue weighted by Gasteiger charge is -2.31. The molecule has 0 aliphatic carbocycles. The zero-order chi connectivity index (χ0) is 29.2. The summed E-state index contributed by atoms with van der Waals surface area (Å²) in [6.45, 7) is 4.24. The standard InChI is InChI=1S/C25H29FN3O10P/c1-14(2)38-29(19-10-6-8-16-7-4-5-9-17(16)19)15(3)24(32)39-40(34,35)36-13-21-20(30)11-22(37-21)28-12-18(26)23(31)27-25(28)33/h4-10,12,14-15,20-22,30H,11,13H2,1-3H3,(H,34,35)(H,27,31,33)/t15-,20-,21+,22+/m0/s1. The van der Waals surface area contributed by atoms with E-state index < -0.39 is 61.9 Å². The van der Waals surface area contributed by atoms with Crippen LogP contribution in [0.15, 0.2) is 58.3 Å². The van der Waals surface area contributed by atoms with E-state index in [9.17, 15) is 33.3 Å². The summed E-state index contributed by atoms with van der Waals surface area (Å²) in [5, 5.41) is 13.2. The lowest BCUT2D eigenvalue weighted by molar-refractivity contribution is -0.140. The number of aliphatic hydroxyl groups is 1. The number of aliphatic hydroxyl groups excluding tert-OH is 1. The Morgan fingerprint density at radius 3 is 2.65 bits per heavy atom. The molecule has 3 N–H and O–H groups in total. The number of carbonyl (C=O) groups excluding carboxylic acids is 1. The van der Waals surface area contributed by atoms with E-state index in [0.717, 1.165) is 15.3 Å². The van der Waals surface area contributed by atoms with Crippen molar-refractivity contribution in [2.24, 2.45) is 0 Å². The minimum absolute atomic E-state index is 0.210. The average molecular weight is 581 g/mol. The smallest absolute Gasteiger partial charge is 0.390 e. The number of nitrogens with one attached hydrogen (secondary N) is 1. The molecular formula is C25H29FN3O10P. The zero-order valence-corrected chi connectivity index (χ0v) is 22.7. The minimum Gasteiger partial charge on any atom is -0.390 e. The molecule has 0 radical (unpaired) electrons. The first-order valence-electron chi connectivity index (χ1n) is 12.4. The van der Waals surface area contributed by atoms with E-state index in [0.29, 0.717) is 11.9 Å². The second-order valence-corrected chi connectivity index (χ2v) is 10.8. The van der Waals surface area contributed by atoms with E-state index in [2.05, 4.69) is 0 Å². The van der Waals surface area contributed by atoms with Crippen LogP contribution in [0.2, 0.25) is 0 Å². The number of nitrogens with zero attached hydrogens (tertiary/aromatic N) is 2. The predicted octanol–water partition coefficient (Wildman–Crippen LogP) is 2.37. The molecule has 3 aromatic rings. The third kappa shape index (κ3) is 6.66. The highest BCUT2D eigenvalue weighted by Gasteiger charge is 2.39. The van der Waals surface area contributed by atoms with Gasteiger partial charge in [0, 0.05) is 11.8 Å². The molecule has 216 valence electrons. The molecule has 13 nitrogen and oxygen atoms in total. The Kier molecular flexibility index (Phi) is 8.88. The number of phosphoric acid groups is 1. The number of ether oxygens (including phenoxy) is 1. The molecule has 1 aliphatic heterocycles. The van der Waals surface area contributed by atoms with Gasteiger partial charge in [-0.15, -0.1) is 0 Å². The van der Waals surface area contributed by atoms with Crippen molar-refractivity contribution in [3.63, 3.8) is 0 Å². The third-order valence-electron chi connectivity index (χ3n) is 6.07. The fourth-order valence-corrected chi connectivity index (χ4v) is 4.94. The van der Waals surface area contributed by atoms with Gasteiger partial charge < -0.3 is 14.4 Å². The van der Waals surface area contributed by atoms with Gasteiger partial charge in [-0.25, -0.2) is 19.2 Å². The number of phosphoric ester groups is 1. The number of aromatic amines is 1. The summed E-state index contributed by atoms with van der Waals surface area (Å²) >= 11 is 0. The number of rotatable bonds is 10. The topological polar surface area (TPSA) is 170 Å². The van der Waals surface area contributed by atoms with Gasteiger partial charge in [-0.2, -0.15) is 4.39 Å². The molecule has 1 fully saturated rings. The van der Waals surface area contributed by atoms with Crippen LogP contribution in [0.5, 0.6) is 0 Å². The van der Waals surface area contributed by atoms with E-state index in [1.165, 1.54) is 12.0 Å². The second kappa shape index (κ2) is 12.0. The molecule has 2 aromatic carbocycles. The summed E-state index contributed by atoms with van der Waals surface area (Å²) in [7, 11) is -5.01. The van der Waals surface area contributed by atoms with Gasteiger partial charge in [-0.05, 0) is 32.2 Å². The Hall–Kier alpha value is -3.39. The van der Waals surface area contributed by atoms with Crippen molar-refractivity contribution in [1.29, 1.82) is 0 Å². The van der Waals surface area contributed by atoms with Gasteiger partial charge in [0.15, 0.2) is 6.04 Å². The van der Waals surface area contributed by atoms with E-state index in [1.807, 2.05) is 30.3 Å². The third-order valence-corrected chi connectivity index (χ3v) is 6.95. The predicted molar refractivity (Wildman–Crippen MR) is 140 cm³/mol. The molecule has 0 spiro atoms. The van der Waals surface area contributed by atoms with Crippen LogP contribution in [0, 0.1) is 5.82 Å². The molecule has 1 saturated heterocycles. The van der Waals surface area contributed by atoms with Gasteiger partial charge in [-0.3, -0.25) is 28.6 Å². The van der Waals surface area contributed by atoms with Gasteiger partial charge >= 0.3 is 19.5 Å². The minimum atomic E-state index is -5.01. The Morgan fingerprint density at radius 1 is 1.23 bits per heavy atom. The highest BCUT2D eigenvalue weighted by atomic mass is 31.2. The molecule has 0 amide bonds. The van der Waals surface area contributed by atoms with Crippen molar-refractivity contribution < 1.29 is 42.4 Å². The van der Waals surface area contributed by atoms with Crippen LogP contribution in [0.4, 0.5) is 10.1 Å². The lowest BCUT2D eigenvalue weighted by atomic mass is 10.1. The molecule has 40 heavy (non-hydrogen) atoms. The van der Waals surface area contributed by atoms with Gasteiger partial charge in [0.05, 0.1) is 30.7 Å². The molecule has 4 rings (SSSR count). The number of hydroxylamine groups is 1. The molecular weight excluding hydrogens is 552 g/mol. The maximum Gasteiger partial charge on any atom is 0.529 e. The normalized spacial score (nSPS) is 21.3. The van der Waals surface area contributed by atoms with Crippen molar-refractivity contribution in [2.75, 3.05) is 11.7 Å². The number of fused-ring (bicyclic) bond motifs is 1. The molecule has 1 aromatic heterocycles. The number of carbonyl (C=O) groups is 1. The monoisotopic (exact) mass is 581 g/mol. The number of benzene rings is 2. The van der Waals surface area contributed by atoms with Crippen molar-refractivity contribution >= 4 is 30.3 Å². The van der Waals surface area contributed by atoms with Crippen LogP contribution in [0.3, 0.4) is 0 Å². The molecule has 1 aliphatic rings. The van der Waals surface area contributed by atoms with Gasteiger partial charge in [0.25, 0.3) is 5.56 Å². The summed E-state index contributed by atoms with van der Waals surface area (Å²) in [5.74, 6) is -2.36. The van der Waals surface area contributed by atoms with Crippen LogP contribution in [-0.2, 0) is 28.0 Å². The number of hydrogen-bond donors (Lipinski definition) is 3. The first-order valence-corrected chi connectivity index (χ1v) is 13.8. The maximum atomic E-state index is 13.6. The van der Waals surface area contributed by atoms with Crippen LogP contribution >= 0.6 is 7.82 Å². The largest absolute Gasteiger partial charge is 0.529 e. The van der Waals surface area contributed by atoms with Crippen molar-refractivity contribution in [3.8, 4) is 0 Å². The summed E-state index contributed by atoms with van der Waals surface area (Å²) in [5.41, 5.74) is -1.65.